The summed E-state index contributed by atoms with van der Waals surface area (Å²) in [6, 6.07) is 6.99. The molecule has 0 spiro atoms. The van der Waals surface area contributed by atoms with Gasteiger partial charge < -0.3 is 10.4 Å². The number of nitrogens with one attached hydrogen (secondary N) is 1. The van der Waals surface area contributed by atoms with E-state index in [-0.39, 0.29) is 0 Å². The van der Waals surface area contributed by atoms with Gasteiger partial charge in [0, 0.05) is 11.2 Å². The Balaban J connectivity index is 2.18. The Bertz CT molecular complexity index is 712. The number of aliphatic carboxylic acids is 1. The molecule has 122 valence electrons. The zero-order valence-electron chi connectivity index (χ0n) is 12.9. The number of rotatable bonds is 6. The van der Waals surface area contributed by atoms with E-state index in [1.54, 1.807) is 30.5 Å². The monoisotopic (exact) mass is 335 g/mol. The van der Waals surface area contributed by atoms with E-state index in [9.17, 15) is 14.7 Å². The van der Waals surface area contributed by atoms with Crippen LogP contribution in [0.5, 0.6) is 0 Å². The number of carbonyl (C=O) groups is 2. The summed E-state index contributed by atoms with van der Waals surface area (Å²) >= 11 is 5.84. The quantitative estimate of drug-likeness (QED) is 0.850. The lowest BCUT2D eigenvalue weighted by Gasteiger charge is -2.25. The van der Waals surface area contributed by atoms with E-state index in [1.807, 2.05) is 6.92 Å². The maximum Gasteiger partial charge on any atom is 0.329 e. The van der Waals surface area contributed by atoms with E-state index >= 15 is 0 Å². The van der Waals surface area contributed by atoms with Crippen molar-refractivity contribution in [3.8, 4) is 5.69 Å². The van der Waals surface area contributed by atoms with Crippen LogP contribution in [0, 0.1) is 0 Å². The number of hydrogen-bond donors (Lipinski definition) is 2. The van der Waals surface area contributed by atoms with Crippen molar-refractivity contribution >= 4 is 23.5 Å². The van der Waals surface area contributed by atoms with Gasteiger partial charge in [-0.1, -0.05) is 24.9 Å². The smallest absolute Gasteiger partial charge is 0.329 e. The molecule has 0 saturated heterocycles. The van der Waals surface area contributed by atoms with Crippen molar-refractivity contribution in [1.82, 2.24) is 15.1 Å². The summed E-state index contributed by atoms with van der Waals surface area (Å²) in [6.07, 6.45) is 3.94. The van der Waals surface area contributed by atoms with Crippen LogP contribution in [-0.2, 0) is 4.79 Å². The number of hydrogen-bond acceptors (Lipinski definition) is 3. The first-order chi connectivity index (χ1) is 10.9. The zero-order valence-corrected chi connectivity index (χ0v) is 13.7. The maximum absolute atomic E-state index is 12.3. The molecule has 7 heteroatoms. The molecule has 0 saturated carbocycles. The van der Waals surface area contributed by atoms with Gasteiger partial charge in [0.15, 0.2) is 0 Å². The van der Waals surface area contributed by atoms with Gasteiger partial charge in [-0.05, 0) is 37.6 Å². The highest BCUT2D eigenvalue weighted by molar-refractivity contribution is 6.30. The second-order valence-corrected chi connectivity index (χ2v) is 5.93. The van der Waals surface area contributed by atoms with Crippen molar-refractivity contribution in [2.75, 3.05) is 0 Å². The lowest BCUT2D eigenvalue weighted by molar-refractivity contribution is -0.144. The second-order valence-electron chi connectivity index (χ2n) is 5.49. The molecular formula is C16H18ClN3O3. The Kier molecular flexibility index (Phi) is 5.05. The molecule has 23 heavy (non-hydrogen) atoms. The van der Waals surface area contributed by atoms with Gasteiger partial charge in [0.25, 0.3) is 5.91 Å². The zero-order chi connectivity index (χ0) is 17.0. The number of benzene rings is 1. The fraction of sp³-hybridized carbons (Fsp3) is 0.312. The van der Waals surface area contributed by atoms with E-state index in [0.717, 1.165) is 5.69 Å². The number of nitrogens with zero attached hydrogens (tertiary/aromatic N) is 2. The highest BCUT2D eigenvalue weighted by atomic mass is 35.5. The molecule has 1 unspecified atom stereocenters. The molecule has 1 aromatic heterocycles. The van der Waals surface area contributed by atoms with Crippen LogP contribution in [0.15, 0.2) is 36.7 Å². The van der Waals surface area contributed by atoms with Gasteiger partial charge in [-0.25, -0.2) is 9.48 Å². The van der Waals surface area contributed by atoms with Crippen LogP contribution < -0.4 is 5.32 Å². The maximum atomic E-state index is 12.3. The van der Waals surface area contributed by atoms with Gasteiger partial charge >= 0.3 is 5.97 Å². The molecule has 0 aliphatic rings. The van der Waals surface area contributed by atoms with Crippen LogP contribution >= 0.6 is 11.6 Å². The summed E-state index contributed by atoms with van der Waals surface area (Å²) < 4.78 is 1.53. The SMILES string of the molecule is CCCC(C)(NC(=O)c1cnn(-c2ccc(Cl)cc2)c1)C(=O)O. The average molecular weight is 336 g/mol. The molecule has 6 nitrogen and oxygen atoms in total. The van der Waals surface area contributed by atoms with Crippen LogP contribution in [0.1, 0.15) is 37.0 Å². The van der Waals surface area contributed by atoms with Crippen LogP contribution in [0.4, 0.5) is 0 Å². The highest BCUT2D eigenvalue weighted by Crippen LogP contribution is 2.16. The number of halogens is 1. The van der Waals surface area contributed by atoms with E-state index < -0.39 is 17.4 Å². The molecule has 1 heterocycles. The second kappa shape index (κ2) is 6.83. The molecule has 0 fully saturated rings. The molecule has 2 rings (SSSR count). The van der Waals surface area contributed by atoms with Gasteiger partial charge in [-0.3, -0.25) is 4.79 Å². The van der Waals surface area contributed by atoms with E-state index in [4.69, 9.17) is 11.6 Å². The van der Waals surface area contributed by atoms with Gasteiger partial charge in [0.2, 0.25) is 0 Å². The number of carboxylic acid groups (broad SMARTS) is 1. The first kappa shape index (κ1) is 17.0. The van der Waals surface area contributed by atoms with Crippen molar-refractivity contribution < 1.29 is 14.7 Å². The van der Waals surface area contributed by atoms with E-state index in [0.29, 0.717) is 23.4 Å². The summed E-state index contributed by atoms with van der Waals surface area (Å²) in [4.78, 5) is 23.7. The standard InChI is InChI=1S/C16H18ClN3O3/c1-3-8-16(2,15(22)23)19-14(21)11-9-18-20(10-11)13-6-4-12(17)5-7-13/h4-7,9-10H,3,8H2,1-2H3,(H,19,21)(H,22,23). The number of carboxylic acids is 1. The number of aromatic nitrogens is 2. The number of carbonyl (C=O) groups excluding carboxylic acids is 1. The van der Waals surface area contributed by atoms with Crippen LogP contribution in [0.3, 0.4) is 0 Å². The minimum absolute atomic E-state index is 0.295. The fourth-order valence-corrected chi connectivity index (χ4v) is 2.35. The average Bonchev–Trinajstić information content (AvgIpc) is 2.98. The predicted molar refractivity (Wildman–Crippen MR) is 87.0 cm³/mol. The number of amides is 1. The van der Waals surface area contributed by atoms with Gasteiger partial charge in [0.1, 0.15) is 5.54 Å². The molecule has 0 bridgehead atoms. The molecule has 1 aromatic carbocycles. The van der Waals surface area contributed by atoms with E-state index in [1.165, 1.54) is 17.8 Å². The van der Waals surface area contributed by atoms with Gasteiger partial charge in [-0.15, -0.1) is 0 Å². The first-order valence-electron chi connectivity index (χ1n) is 7.22. The molecular weight excluding hydrogens is 318 g/mol. The first-order valence-corrected chi connectivity index (χ1v) is 7.60. The van der Waals surface area contributed by atoms with Crippen molar-refractivity contribution in [3.05, 3.63) is 47.2 Å². The highest BCUT2D eigenvalue weighted by Gasteiger charge is 2.34. The van der Waals surface area contributed by atoms with Gasteiger partial charge in [-0.2, -0.15) is 5.10 Å². The molecule has 0 aliphatic heterocycles. The van der Waals surface area contributed by atoms with E-state index in [2.05, 4.69) is 10.4 Å². The Labute approximate surface area is 139 Å². The molecule has 0 radical (unpaired) electrons. The normalized spacial score (nSPS) is 13.3. The lowest BCUT2D eigenvalue weighted by atomic mass is 9.96. The van der Waals surface area contributed by atoms with Crippen molar-refractivity contribution in [3.63, 3.8) is 0 Å². The summed E-state index contributed by atoms with van der Waals surface area (Å²) in [5, 5.41) is 16.6. The lowest BCUT2D eigenvalue weighted by Crippen LogP contribution is -2.52. The summed E-state index contributed by atoms with van der Waals surface area (Å²) in [5.41, 5.74) is -0.250. The summed E-state index contributed by atoms with van der Waals surface area (Å²) in [5.74, 6) is -1.53. The molecule has 1 atom stereocenters. The molecule has 0 aliphatic carbocycles. The topological polar surface area (TPSA) is 84.2 Å². The third-order valence-electron chi connectivity index (χ3n) is 3.55. The molecule has 1 amide bonds. The Morgan fingerprint density at radius 1 is 1.35 bits per heavy atom. The molecule has 2 N–H and O–H groups in total. The van der Waals surface area contributed by atoms with Crippen LogP contribution in [0.25, 0.3) is 5.69 Å². The Morgan fingerprint density at radius 2 is 2.00 bits per heavy atom. The van der Waals surface area contributed by atoms with Crippen molar-refractivity contribution in [2.45, 2.75) is 32.2 Å². The van der Waals surface area contributed by atoms with Crippen molar-refractivity contribution in [2.24, 2.45) is 0 Å². The largest absolute Gasteiger partial charge is 0.480 e. The third kappa shape index (κ3) is 3.90. The van der Waals surface area contributed by atoms with Crippen LogP contribution in [-0.4, -0.2) is 32.3 Å². The minimum atomic E-state index is -1.30. The predicted octanol–water partition coefficient (Wildman–Crippen LogP) is 2.90. The fourth-order valence-electron chi connectivity index (χ4n) is 2.22. The molecule has 2 aromatic rings. The van der Waals surface area contributed by atoms with Crippen LogP contribution in [0.2, 0.25) is 5.02 Å². The van der Waals surface area contributed by atoms with Crippen molar-refractivity contribution in [1.29, 1.82) is 0 Å². The Morgan fingerprint density at radius 3 is 2.57 bits per heavy atom. The minimum Gasteiger partial charge on any atom is -0.480 e. The summed E-state index contributed by atoms with van der Waals surface area (Å²) in [7, 11) is 0. The van der Waals surface area contributed by atoms with Gasteiger partial charge in [0.05, 0.1) is 17.4 Å². The Hall–Kier alpha value is -2.34. The third-order valence-corrected chi connectivity index (χ3v) is 3.80. The summed E-state index contributed by atoms with van der Waals surface area (Å²) in [6.45, 7) is 3.37.